The summed E-state index contributed by atoms with van der Waals surface area (Å²) in [6, 6.07) is -0.621. The van der Waals surface area contributed by atoms with Crippen molar-refractivity contribution in [3.63, 3.8) is 0 Å². The van der Waals surface area contributed by atoms with E-state index in [9.17, 15) is 18.0 Å². The average Bonchev–Trinajstić information content (AvgIpc) is 2.53. The zero-order chi connectivity index (χ0) is 12.3. The molecule has 1 unspecified atom stereocenters. The number of carbonyl (C=O) groups is 2. The van der Waals surface area contributed by atoms with E-state index in [-0.39, 0.29) is 17.9 Å². The molecule has 1 heterocycles. The Hall–Kier alpha value is -1.55. The summed E-state index contributed by atoms with van der Waals surface area (Å²) >= 11 is 0. The SMILES string of the molecule is C#CC(=O)N(CC(=O)O)C1CCS(=O)(=O)C1. The van der Waals surface area contributed by atoms with Crippen molar-refractivity contribution < 1.29 is 23.1 Å². The summed E-state index contributed by atoms with van der Waals surface area (Å²) in [5, 5.41) is 8.61. The van der Waals surface area contributed by atoms with E-state index in [4.69, 9.17) is 11.5 Å². The number of terminal acetylenes is 1. The molecule has 1 N–H and O–H groups in total. The van der Waals surface area contributed by atoms with E-state index in [1.165, 1.54) is 0 Å². The third kappa shape index (κ3) is 2.97. The molecule has 88 valence electrons. The Morgan fingerprint density at radius 2 is 2.12 bits per heavy atom. The minimum Gasteiger partial charge on any atom is -0.480 e. The molecule has 0 aromatic heterocycles. The van der Waals surface area contributed by atoms with Gasteiger partial charge in [-0.15, -0.1) is 6.42 Å². The summed E-state index contributed by atoms with van der Waals surface area (Å²) in [6.07, 6.45) is 5.14. The number of hydrogen-bond donors (Lipinski definition) is 1. The van der Waals surface area contributed by atoms with Crippen LogP contribution in [0.1, 0.15) is 6.42 Å². The Morgan fingerprint density at radius 3 is 2.50 bits per heavy atom. The van der Waals surface area contributed by atoms with E-state index in [0.29, 0.717) is 0 Å². The van der Waals surface area contributed by atoms with Crippen LogP contribution in [0.15, 0.2) is 0 Å². The van der Waals surface area contributed by atoms with Gasteiger partial charge in [0.05, 0.1) is 11.5 Å². The van der Waals surface area contributed by atoms with Crippen molar-refractivity contribution in [1.82, 2.24) is 4.90 Å². The third-order valence-corrected chi connectivity index (χ3v) is 4.09. The maximum atomic E-state index is 11.3. The van der Waals surface area contributed by atoms with E-state index in [1.54, 1.807) is 5.92 Å². The van der Waals surface area contributed by atoms with E-state index in [0.717, 1.165) is 4.90 Å². The number of carboxylic acid groups (broad SMARTS) is 1. The quantitative estimate of drug-likeness (QED) is 0.625. The molecule has 0 aromatic carbocycles. The van der Waals surface area contributed by atoms with Crippen LogP contribution in [0.2, 0.25) is 0 Å². The predicted molar refractivity (Wildman–Crippen MR) is 55.2 cm³/mol. The van der Waals surface area contributed by atoms with E-state index in [2.05, 4.69) is 0 Å². The van der Waals surface area contributed by atoms with Crippen molar-refractivity contribution in [2.45, 2.75) is 12.5 Å². The van der Waals surface area contributed by atoms with Crippen LogP contribution in [0.5, 0.6) is 0 Å². The van der Waals surface area contributed by atoms with E-state index in [1.807, 2.05) is 0 Å². The van der Waals surface area contributed by atoms with Gasteiger partial charge in [-0.2, -0.15) is 0 Å². The second kappa shape index (κ2) is 4.53. The van der Waals surface area contributed by atoms with Crippen LogP contribution in [0, 0.1) is 12.3 Å². The highest BCUT2D eigenvalue weighted by molar-refractivity contribution is 7.91. The number of amides is 1. The van der Waals surface area contributed by atoms with Crippen LogP contribution in [-0.2, 0) is 19.4 Å². The number of aliphatic carboxylic acids is 1. The van der Waals surface area contributed by atoms with E-state index < -0.39 is 34.3 Å². The molecule has 1 rings (SSSR count). The summed E-state index contributed by atoms with van der Waals surface area (Å²) in [4.78, 5) is 22.7. The van der Waals surface area contributed by atoms with Gasteiger partial charge in [0, 0.05) is 6.04 Å². The number of hydrogen-bond acceptors (Lipinski definition) is 4. The largest absolute Gasteiger partial charge is 0.480 e. The Kier molecular flexibility index (Phi) is 3.55. The summed E-state index contributed by atoms with van der Waals surface area (Å²) in [6.45, 7) is -0.566. The molecule has 0 saturated carbocycles. The van der Waals surface area contributed by atoms with Gasteiger partial charge in [-0.05, 0) is 12.3 Å². The van der Waals surface area contributed by atoms with Crippen molar-refractivity contribution in [1.29, 1.82) is 0 Å². The smallest absolute Gasteiger partial charge is 0.323 e. The molecule has 0 aliphatic carbocycles. The molecule has 16 heavy (non-hydrogen) atoms. The number of rotatable bonds is 3. The molecule has 1 amide bonds. The van der Waals surface area contributed by atoms with Crippen LogP contribution in [-0.4, -0.2) is 54.4 Å². The molecule has 0 radical (unpaired) electrons. The first kappa shape index (κ1) is 12.5. The lowest BCUT2D eigenvalue weighted by molar-refractivity contribution is -0.143. The maximum Gasteiger partial charge on any atom is 0.323 e. The predicted octanol–water partition coefficient (Wildman–Crippen LogP) is -1.28. The van der Waals surface area contributed by atoms with Crippen molar-refractivity contribution in [3.05, 3.63) is 0 Å². The van der Waals surface area contributed by atoms with Gasteiger partial charge in [-0.3, -0.25) is 9.59 Å². The molecule has 0 bridgehead atoms. The summed E-state index contributed by atoms with van der Waals surface area (Å²) in [5.74, 6) is -0.450. The number of carboxylic acids is 1. The molecular weight excluding hydrogens is 234 g/mol. The lowest BCUT2D eigenvalue weighted by atomic mass is 10.2. The number of nitrogens with zero attached hydrogens (tertiary/aromatic N) is 1. The normalized spacial score (nSPS) is 22.3. The molecule has 1 aliphatic rings. The van der Waals surface area contributed by atoms with Gasteiger partial charge < -0.3 is 10.0 Å². The van der Waals surface area contributed by atoms with Crippen LogP contribution < -0.4 is 0 Å². The zero-order valence-corrected chi connectivity index (χ0v) is 9.24. The first-order chi connectivity index (χ1) is 7.35. The molecule has 7 heteroatoms. The Labute approximate surface area is 93.2 Å². The Balaban J connectivity index is 2.83. The third-order valence-electron chi connectivity index (χ3n) is 2.34. The van der Waals surface area contributed by atoms with Crippen LogP contribution >= 0.6 is 0 Å². The molecule has 6 nitrogen and oxygen atoms in total. The highest BCUT2D eigenvalue weighted by Crippen LogP contribution is 2.17. The Morgan fingerprint density at radius 1 is 1.50 bits per heavy atom. The van der Waals surface area contributed by atoms with Crippen LogP contribution in [0.25, 0.3) is 0 Å². The lowest BCUT2D eigenvalue weighted by Crippen LogP contribution is -2.43. The van der Waals surface area contributed by atoms with Gasteiger partial charge in [-0.25, -0.2) is 8.42 Å². The van der Waals surface area contributed by atoms with Gasteiger partial charge in [0.25, 0.3) is 5.91 Å². The van der Waals surface area contributed by atoms with Crippen molar-refractivity contribution in [2.24, 2.45) is 0 Å². The fraction of sp³-hybridized carbons (Fsp3) is 0.556. The van der Waals surface area contributed by atoms with Crippen molar-refractivity contribution in [2.75, 3.05) is 18.1 Å². The van der Waals surface area contributed by atoms with Crippen LogP contribution in [0.4, 0.5) is 0 Å². The first-order valence-corrected chi connectivity index (χ1v) is 6.37. The second-order valence-electron chi connectivity index (χ2n) is 3.53. The molecule has 0 spiro atoms. The molecule has 1 aliphatic heterocycles. The van der Waals surface area contributed by atoms with Gasteiger partial charge in [-0.1, -0.05) is 0 Å². The molecule has 1 saturated heterocycles. The van der Waals surface area contributed by atoms with Gasteiger partial charge >= 0.3 is 5.97 Å². The molecule has 1 atom stereocenters. The molecule has 1 fully saturated rings. The summed E-state index contributed by atoms with van der Waals surface area (Å²) in [7, 11) is -3.17. The van der Waals surface area contributed by atoms with Gasteiger partial charge in [0.1, 0.15) is 6.54 Å². The zero-order valence-electron chi connectivity index (χ0n) is 8.42. The van der Waals surface area contributed by atoms with Crippen molar-refractivity contribution in [3.8, 4) is 12.3 Å². The topological polar surface area (TPSA) is 91.8 Å². The monoisotopic (exact) mass is 245 g/mol. The summed E-state index contributed by atoms with van der Waals surface area (Å²) in [5.41, 5.74) is 0. The van der Waals surface area contributed by atoms with Crippen LogP contribution in [0.3, 0.4) is 0 Å². The maximum absolute atomic E-state index is 11.3. The van der Waals surface area contributed by atoms with E-state index >= 15 is 0 Å². The molecule has 0 aromatic rings. The van der Waals surface area contributed by atoms with Gasteiger partial charge in [0.2, 0.25) is 0 Å². The minimum atomic E-state index is -3.17. The fourth-order valence-electron chi connectivity index (χ4n) is 1.62. The molecular formula is C9H11NO5S. The highest BCUT2D eigenvalue weighted by Gasteiger charge is 2.35. The standard InChI is InChI=1S/C9H11NO5S/c1-2-8(11)10(5-9(12)13)7-3-4-16(14,15)6-7/h1,7H,3-6H2,(H,12,13). The highest BCUT2D eigenvalue weighted by atomic mass is 32.2. The van der Waals surface area contributed by atoms with Crippen molar-refractivity contribution >= 4 is 21.7 Å². The second-order valence-corrected chi connectivity index (χ2v) is 5.76. The number of carbonyl (C=O) groups excluding carboxylic acids is 1. The number of sulfone groups is 1. The summed E-state index contributed by atoms with van der Waals surface area (Å²) < 4.78 is 22.4. The fourth-order valence-corrected chi connectivity index (χ4v) is 3.35. The Bertz CT molecular complexity index is 447. The van der Waals surface area contributed by atoms with Gasteiger partial charge in [0.15, 0.2) is 9.84 Å². The minimum absolute atomic E-state index is 0.0361. The first-order valence-electron chi connectivity index (χ1n) is 4.55. The average molecular weight is 245 g/mol. The lowest BCUT2D eigenvalue weighted by Gasteiger charge is -2.23.